The number of ether oxygens (including phenoxy) is 2. The van der Waals surface area contributed by atoms with Gasteiger partial charge >= 0.3 is 0 Å². The van der Waals surface area contributed by atoms with E-state index >= 15 is 0 Å². The molecule has 1 heterocycles. The number of rotatable bonds is 10. The van der Waals surface area contributed by atoms with Gasteiger partial charge < -0.3 is 19.2 Å². The van der Waals surface area contributed by atoms with Crippen LogP contribution in [0.25, 0.3) is 11.0 Å². The van der Waals surface area contributed by atoms with Gasteiger partial charge in [0.05, 0.1) is 26.4 Å². The summed E-state index contributed by atoms with van der Waals surface area (Å²) in [5.74, 6) is 0.973. The monoisotopic (exact) mass is 291 g/mol. The summed E-state index contributed by atoms with van der Waals surface area (Å²) in [5.41, 5.74) is 2.07. The fourth-order valence-corrected chi connectivity index (χ4v) is 2.27. The summed E-state index contributed by atoms with van der Waals surface area (Å²) in [6, 6.07) is 8.12. The van der Waals surface area contributed by atoms with Crippen LogP contribution in [0.1, 0.15) is 31.6 Å². The molecule has 0 atom stereocenters. The average Bonchev–Trinajstić information content (AvgIpc) is 2.85. The lowest BCUT2D eigenvalue weighted by molar-refractivity contribution is 0.0451. The number of fused-ring (bicyclic) bond motifs is 1. The fraction of sp³-hybridized carbons (Fsp3) is 0.529. The van der Waals surface area contributed by atoms with E-state index in [-0.39, 0.29) is 0 Å². The maximum absolute atomic E-state index is 5.95. The van der Waals surface area contributed by atoms with Gasteiger partial charge in [-0.25, -0.2) is 0 Å². The second-order valence-electron chi connectivity index (χ2n) is 4.93. The topological polar surface area (TPSA) is 43.6 Å². The number of furan rings is 1. The van der Waals surface area contributed by atoms with E-state index in [4.69, 9.17) is 13.9 Å². The molecule has 4 heteroatoms. The second-order valence-corrected chi connectivity index (χ2v) is 4.93. The lowest BCUT2D eigenvalue weighted by atomic mass is 10.1. The van der Waals surface area contributed by atoms with Crippen LogP contribution in [-0.2, 0) is 22.6 Å². The highest BCUT2D eigenvalue weighted by molar-refractivity contribution is 5.82. The van der Waals surface area contributed by atoms with E-state index in [9.17, 15) is 0 Å². The zero-order chi connectivity index (χ0) is 14.9. The molecule has 0 bridgehead atoms. The van der Waals surface area contributed by atoms with Gasteiger partial charge in [0.1, 0.15) is 11.3 Å². The van der Waals surface area contributed by atoms with Crippen LogP contribution in [-0.4, -0.2) is 26.4 Å². The molecule has 2 rings (SSSR count). The van der Waals surface area contributed by atoms with Crippen molar-refractivity contribution >= 4 is 11.0 Å². The fourth-order valence-electron chi connectivity index (χ4n) is 2.27. The first kappa shape index (κ1) is 16.0. The van der Waals surface area contributed by atoms with Crippen molar-refractivity contribution in [3.8, 4) is 0 Å². The molecule has 0 radical (unpaired) electrons. The Bertz CT molecular complexity index is 536. The van der Waals surface area contributed by atoms with Crippen LogP contribution in [0.2, 0.25) is 0 Å². The summed E-state index contributed by atoms with van der Waals surface area (Å²) >= 11 is 0. The first-order valence-electron chi connectivity index (χ1n) is 7.72. The Hall–Kier alpha value is -1.36. The highest BCUT2D eigenvalue weighted by Crippen LogP contribution is 2.26. The molecule has 0 fully saturated rings. The van der Waals surface area contributed by atoms with E-state index in [0.29, 0.717) is 19.8 Å². The SMILES string of the molecule is CCCNCc1oc2ccccc2c1COCCOCC. The number of hydrogen-bond acceptors (Lipinski definition) is 4. The summed E-state index contributed by atoms with van der Waals surface area (Å²) in [5, 5.41) is 4.53. The molecule has 2 aromatic rings. The predicted molar refractivity (Wildman–Crippen MR) is 84.4 cm³/mol. The second kappa shape index (κ2) is 8.82. The molecule has 4 nitrogen and oxygen atoms in total. The first-order valence-corrected chi connectivity index (χ1v) is 7.72. The van der Waals surface area contributed by atoms with Crippen LogP contribution in [0.4, 0.5) is 0 Å². The van der Waals surface area contributed by atoms with Crippen molar-refractivity contribution in [2.75, 3.05) is 26.4 Å². The maximum atomic E-state index is 5.95. The van der Waals surface area contributed by atoms with Crippen LogP contribution >= 0.6 is 0 Å². The van der Waals surface area contributed by atoms with Gasteiger partial charge in [-0.15, -0.1) is 0 Å². The lowest BCUT2D eigenvalue weighted by Gasteiger charge is -2.06. The quantitative estimate of drug-likeness (QED) is 0.681. The molecule has 0 amide bonds. The summed E-state index contributed by atoms with van der Waals surface area (Å²) in [4.78, 5) is 0. The summed E-state index contributed by atoms with van der Waals surface area (Å²) in [6.45, 7) is 8.40. The normalized spacial score (nSPS) is 11.3. The highest BCUT2D eigenvalue weighted by atomic mass is 16.5. The van der Waals surface area contributed by atoms with Crippen molar-refractivity contribution in [3.05, 3.63) is 35.6 Å². The molecule has 0 aliphatic heterocycles. The Morgan fingerprint density at radius 3 is 2.71 bits per heavy atom. The van der Waals surface area contributed by atoms with Crippen molar-refractivity contribution in [2.45, 2.75) is 33.4 Å². The molecule has 0 aliphatic carbocycles. The first-order chi connectivity index (χ1) is 10.4. The Morgan fingerprint density at radius 2 is 1.90 bits per heavy atom. The van der Waals surface area contributed by atoms with E-state index in [2.05, 4.69) is 18.3 Å². The minimum absolute atomic E-state index is 0.563. The zero-order valence-electron chi connectivity index (χ0n) is 13.0. The van der Waals surface area contributed by atoms with Gasteiger partial charge in [0.2, 0.25) is 0 Å². The third-order valence-corrected chi connectivity index (χ3v) is 3.32. The molecule has 0 aliphatic rings. The number of benzene rings is 1. The van der Waals surface area contributed by atoms with Gasteiger partial charge in [-0.05, 0) is 26.0 Å². The molecule has 0 saturated heterocycles. The van der Waals surface area contributed by atoms with Crippen molar-refractivity contribution in [3.63, 3.8) is 0 Å². The molecule has 0 saturated carbocycles. The standard InChI is InChI=1S/C17H25NO3/c1-3-9-18-12-17-15(13-20-11-10-19-4-2)14-7-5-6-8-16(14)21-17/h5-8,18H,3-4,9-13H2,1-2H3. The molecule has 0 spiro atoms. The lowest BCUT2D eigenvalue weighted by Crippen LogP contribution is -2.14. The van der Waals surface area contributed by atoms with Crippen LogP contribution in [0.3, 0.4) is 0 Å². The van der Waals surface area contributed by atoms with E-state index < -0.39 is 0 Å². The Labute approximate surface area is 126 Å². The number of para-hydroxylation sites is 1. The van der Waals surface area contributed by atoms with E-state index in [1.807, 2.05) is 25.1 Å². The van der Waals surface area contributed by atoms with Crippen LogP contribution < -0.4 is 5.32 Å². The predicted octanol–water partition coefficient (Wildman–Crippen LogP) is 3.49. The van der Waals surface area contributed by atoms with Gasteiger partial charge in [0.25, 0.3) is 0 Å². The summed E-state index contributed by atoms with van der Waals surface area (Å²) in [7, 11) is 0. The molecule has 21 heavy (non-hydrogen) atoms. The molecule has 1 aromatic heterocycles. The molecular formula is C17H25NO3. The zero-order valence-corrected chi connectivity index (χ0v) is 13.0. The van der Waals surface area contributed by atoms with E-state index in [1.165, 1.54) is 0 Å². The van der Waals surface area contributed by atoms with Gasteiger partial charge in [-0.3, -0.25) is 0 Å². The van der Waals surface area contributed by atoms with Gasteiger partial charge in [0.15, 0.2) is 0 Å². The Balaban J connectivity index is 2.04. The van der Waals surface area contributed by atoms with Gasteiger partial charge in [-0.2, -0.15) is 0 Å². The maximum Gasteiger partial charge on any atom is 0.134 e. The molecule has 1 aromatic carbocycles. The van der Waals surface area contributed by atoms with Crippen LogP contribution in [0.15, 0.2) is 28.7 Å². The largest absolute Gasteiger partial charge is 0.459 e. The average molecular weight is 291 g/mol. The molecule has 1 N–H and O–H groups in total. The van der Waals surface area contributed by atoms with Crippen molar-refractivity contribution in [1.82, 2.24) is 5.32 Å². The summed E-state index contributed by atoms with van der Waals surface area (Å²) < 4.78 is 17.0. The van der Waals surface area contributed by atoms with Crippen LogP contribution in [0, 0.1) is 0 Å². The minimum Gasteiger partial charge on any atom is -0.459 e. The minimum atomic E-state index is 0.563. The van der Waals surface area contributed by atoms with Crippen molar-refractivity contribution < 1.29 is 13.9 Å². The Morgan fingerprint density at radius 1 is 1.10 bits per heavy atom. The van der Waals surface area contributed by atoms with Gasteiger partial charge in [0, 0.05) is 17.6 Å². The summed E-state index contributed by atoms with van der Waals surface area (Å²) in [6.07, 6.45) is 1.11. The highest BCUT2D eigenvalue weighted by Gasteiger charge is 2.13. The van der Waals surface area contributed by atoms with Crippen LogP contribution in [0.5, 0.6) is 0 Å². The number of hydrogen-bond donors (Lipinski definition) is 1. The van der Waals surface area contributed by atoms with E-state index in [1.54, 1.807) is 0 Å². The van der Waals surface area contributed by atoms with Gasteiger partial charge in [-0.1, -0.05) is 25.1 Å². The smallest absolute Gasteiger partial charge is 0.134 e. The molecule has 116 valence electrons. The third-order valence-electron chi connectivity index (χ3n) is 3.32. The van der Waals surface area contributed by atoms with Crippen molar-refractivity contribution in [1.29, 1.82) is 0 Å². The molecule has 0 unspecified atom stereocenters. The van der Waals surface area contributed by atoms with E-state index in [0.717, 1.165) is 48.4 Å². The van der Waals surface area contributed by atoms with Crippen molar-refractivity contribution in [2.24, 2.45) is 0 Å². The third kappa shape index (κ3) is 4.56. The Kier molecular flexibility index (Phi) is 6.73. The molecular weight excluding hydrogens is 266 g/mol. The number of nitrogens with one attached hydrogen (secondary N) is 1.